The lowest BCUT2D eigenvalue weighted by atomic mass is 9.68. The lowest BCUT2D eigenvalue weighted by molar-refractivity contribution is -0.152. The first-order valence-corrected chi connectivity index (χ1v) is 12.5. The van der Waals surface area contributed by atoms with Gasteiger partial charge in [0, 0.05) is 27.8 Å². The minimum absolute atomic E-state index is 0.170. The molecule has 35 heavy (non-hydrogen) atoms. The molecule has 0 spiro atoms. The van der Waals surface area contributed by atoms with Gasteiger partial charge in [-0.15, -0.1) is 11.3 Å². The highest BCUT2D eigenvalue weighted by molar-refractivity contribution is 7.10. The molecule has 0 saturated heterocycles. The van der Waals surface area contributed by atoms with Gasteiger partial charge in [-0.25, -0.2) is 4.79 Å². The number of ether oxygens (including phenoxy) is 3. The van der Waals surface area contributed by atoms with Crippen LogP contribution in [-0.2, 0) is 23.9 Å². The van der Waals surface area contributed by atoms with Gasteiger partial charge in [-0.3, -0.25) is 9.59 Å². The Morgan fingerprint density at radius 1 is 1.09 bits per heavy atom. The summed E-state index contributed by atoms with van der Waals surface area (Å²) in [6.45, 7) is 5.68. The minimum Gasteiger partial charge on any atom is -0.497 e. The van der Waals surface area contributed by atoms with Gasteiger partial charge in [-0.2, -0.15) is 0 Å². The molecule has 0 bridgehead atoms. The van der Waals surface area contributed by atoms with Crippen LogP contribution in [0.25, 0.3) is 0 Å². The Balaban J connectivity index is 1.85. The zero-order valence-corrected chi connectivity index (χ0v) is 21.1. The van der Waals surface area contributed by atoms with Gasteiger partial charge >= 0.3 is 11.9 Å². The second-order valence-corrected chi connectivity index (χ2v) is 9.38. The van der Waals surface area contributed by atoms with Gasteiger partial charge in [-0.05, 0) is 56.3 Å². The third kappa shape index (κ3) is 4.62. The molecule has 2 aromatic rings. The number of rotatable bonds is 7. The maximum absolute atomic E-state index is 14.1. The van der Waals surface area contributed by atoms with E-state index in [9.17, 15) is 14.4 Å². The van der Waals surface area contributed by atoms with Crippen molar-refractivity contribution in [2.45, 2.75) is 39.0 Å². The highest BCUT2D eigenvalue weighted by Gasteiger charge is 2.49. The number of methoxy groups -OCH3 is 1. The Hall–Kier alpha value is -3.39. The van der Waals surface area contributed by atoms with Crippen molar-refractivity contribution in [1.82, 2.24) is 5.32 Å². The Kier molecular flexibility index (Phi) is 7.40. The second-order valence-electron chi connectivity index (χ2n) is 8.40. The van der Waals surface area contributed by atoms with Gasteiger partial charge in [-0.1, -0.05) is 18.2 Å². The number of hydrogen-bond donors (Lipinski definition) is 1. The van der Waals surface area contributed by atoms with Crippen LogP contribution in [0.15, 0.2) is 64.3 Å². The van der Waals surface area contributed by atoms with Crippen molar-refractivity contribution in [1.29, 1.82) is 0 Å². The fourth-order valence-electron chi connectivity index (χ4n) is 4.92. The molecule has 0 amide bonds. The summed E-state index contributed by atoms with van der Waals surface area (Å²) in [5, 5.41) is 5.22. The number of dihydropyridines is 1. The van der Waals surface area contributed by atoms with Gasteiger partial charge in [0.05, 0.1) is 31.8 Å². The van der Waals surface area contributed by atoms with E-state index in [1.165, 1.54) is 11.3 Å². The fourth-order valence-corrected chi connectivity index (χ4v) is 5.76. The van der Waals surface area contributed by atoms with Crippen LogP contribution in [-0.4, -0.2) is 38.0 Å². The Bertz CT molecular complexity index is 1180. The van der Waals surface area contributed by atoms with E-state index in [0.717, 1.165) is 16.1 Å². The summed E-state index contributed by atoms with van der Waals surface area (Å²) in [4.78, 5) is 41.1. The molecule has 1 aliphatic carbocycles. The number of carbonyl (C=O) groups is 3. The van der Waals surface area contributed by atoms with E-state index in [1.54, 1.807) is 21.0 Å². The molecule has 1 aromatic carbocycles. The highest BCUT2D eigenvalue weighted by Crippen LogP contribution is 2.49. The molecule has 8 heteroatoms. The van der Waals surface area contributed by atoms with Crippen LogP contribution in [0.2, 0.25) is 0 Å². The molecule has 2 heterocycles. The SMILES string of the molecule is CCOC(=O)C1=C(C)NC2=C(C(=O)[C@@H](C(=O)OCC)[C@@H](c3ccc(OC)cc3)C2)[C@@H]1c1cccs1. The van der Waals surface area contributed by atoms with Crippen LogP contribution in [0.3, 0.4) is 0 Å². The summed E-state index contributed by atoms with van der Waals surface area (Å²) in [6, 6.07) is 11.2. The van der Waals surface area contributed by atoms with Crippen molar-refractivity contribution >= 4 is 29.1 Å². The summed E-state index contributed by atoms with van der Waals surface area (Å²) in [7, 11) is 1.59. The predicted octanol–water partition coefficient (Wildman–Crippen LogP) is 4.47. The summed E-state index contributed by atoms with van der Waals surface area (Å²) < 4.78 is 16.0. The molecule has 1 aliphatic heterocycles. The fraction of sp³-hybridized carbons (Fsp3) is 0.370. The molecular weight excluding hydrogens is 466 g/mol. The van der Waals surface area contributed by atoms with Crippen LogP contribution in [0.1, 0.15) is 49.5 Å². The number of thiophene rings is 1. The molecule has 184 valence electrons. The standard InChI is InChI=1S/C27H29NO6S/c1-5-33-26(30)21-15(3)28-19-14-18(16-9-11-17(32-4)12-10-16)22(27(31)34-6-2)25(29)23(19)24(21)20-8-7-13-35-20/h7-13,18,22,24,28H,5-6,14H2,1-4H3/t18-,22+,24-/m1/s1. The van der Waals surface area contributed by atoms with Crippen molar-refractivity contribution in [2.24, 2.45) is 5.92 Å². The van der Waals surface area contributed by atoms with Gasteiger partial charge in [0.25, 0.3) is 0 Å². The van der Waals surface area contributed by atoms with Crippen LogP contribution >= 0.6 is 11.3 Å². The molecule has 0 unspecified atom stereocenters. The molecular formula is C27H29NO6S. The lowest BCUT2D eigenvalue weighted by Crippen LogP contribution is -2.43. The van der Waals surface area contributed by atoms with Crippen LogP contribution < -0.4 is 10.1 Å². The third-order valence-electron chi connectivity index (χ3n) is 6.43. The van der Waals surface area contributed by atoms with Crippen LogP contribution in [0.4, 0.5) is 0 Å². The number of allylic oxidation sites excluding steroid dienone is 3. The van der Waals surface area contributed by atoms with Gasteiger partial charge in [0.15, 0.2) is 5.78 Å². The molecule has 7 nitrogen and oxygen atoms in total. The third-order valence-corrected chi connectivity index (χ3v) is 7.36. The first-order chi connectivity index (χ1) is 16.9. The molecule has 3 atom stereocenters. The molecule has 4 rings (SSSR count). The second kappa shape index (κ2) is 10.5. The number of benzene rings is 1. The Labute approximate surface area is 208 Å². The quantitative estimate of drug-likeness (QED) is 0.448. The number of nitrogens with one attached hydrogen (secondary N) is 1. The minimum atomic E-state index is -1.02. The molecule has 1 aromatic heterocycles. The topological polar surface area (TPSA) is 90.9 Å². The van der Waals surface area contributed by atoms with Crippen molar-refractivity contribution < 1.29 is 28.6 Å². The average molecular weight is 496 g/mol. The van der Waals surface area contributed by atoms with E-state index in [4.69, 9.17) is 14.2 Å². The highest BCUT2D eigenvalue weighted by atomic mass is 32.1. The van der Waals surface area contributed by atoms with Crippen molar-refractivity contribution in [2.75, 3.05) is 20.3 Å². The van der Waals surface area contributed by atoms with E-state index in [1.807, 2.05) is 48.7 Å². The molecule has 0 radical (unpaired) electrons. The first kappa shape index (κ1) is 24.7. The number of carbonyl (C=O) groups excluding carboxylic acids is 3. The predicted molar refractivity (Wildman–Crippen MR) is 132 cm³/mol. The van der Waals surface area contributed by atoms with Gasteiger partial charge in [0.1, 0.15) is 11.7 Å². The van der Waals surface area contributed by atoms with Gasteiger partial charge < -0.3 is 19.5 Å². The van der Waals surface area contributed by atoms with Gasteiger partial charge in [0.2, 0.25) is 0 Å². The molecule has 2 aliphatic rings. The molecule has 0 saturated carbocycles. The van der Waals surface area contributed by atoms with Crippen LogP contribution in [0, 0.1) is 5.92 Å². The lowest BCUT2D eigenvalue weighted by Gasteiger charge is -2.39. The number of esters is 2. The number of ketones is 1. The monoisotopic (exact) mass is 495 g/mol. The van der Waals surface area contributed by atoms with E-state index in [-0.39, 0.29) is 19.0 Å². The van der Waals surface area contributed by atoms with E-state index >= 15 is 0 Å². The average Bonchev–Trinajstić information content (AvgIpc) is 3.38. The Morgan fingerprint density at radius 2 is 1.80 bits per heavy atom. The van der Waals surface area contributed by atoms with E-state index < -0.39 is 29.7 Å². The van der Waals surface area contributed by atoms with Crippen molar-refractivity contribution in [3.63, 3.8) is 0 Å². The largest absolute Gasteiger partial charge is 0.497 e. The Morgan fingerprint density at radius 3 is 2.40 bits per heavy atom. The van der Waals surface area contributed by atoms with Crippen molar-refractivity contribution in [3.8, 4) is 5.75 Å². The van der Waals surface area contributed by atoms with E-state index in [0.29, 0.717) is 29.0 Å². The van der Waals surface area contributed by atoms with Crippen molar-refractivity contribution in [3.05, 3.63) is 74.8 Å². The first-order valence-electron chi connectivity index (χ1n) is 11.7. The number of Topliss-reactive ketones (excluding diaryl/α,β-unsaturated/α-hetero) is 1. The zero-order chi connectivity index (χ0) is 25.1. The maximum Gasteiger partial charge on any atom is 0.336 e. The zero-order valence-electron chi connectivity index (χ0n) is 20.3. The van der Waals surface area contributed by atoms with E-state index in [2.05, 4.69) is 5.32 Å². The smallest absolute Gasteiger partial charge is 0.336 e. The number of hydrogen-bond acceptors (Lipinski definition) is 8. The maximum atomic E-state index is 14.1. The normalized spacial score (nSPS) is 21.8. The summed E-state index contributed by atoms with van der Waals surface area (Å²) in [5.74, 6) is -2.71. The summed E-state index contributed by atoms with van der Waals surface area (Å²) in [6.07, 6.45) is 0.423. The van der Waals surface area contributed by atoms with Crippen LogP contribution in [0.5, 0.6) is 5.75 Å². The summed E-state index contributed by atoms with van der Waals surface area (Å²) in [5.41, 5.74) is 3.05. The summed E-state index contributed by atoms with van der Waals surface area (Å²) >= 11 is 1.46. The molecule has 0 fully saturated rings. The molecule has 1 N–H and O–H groups in total.